The molecule has 0 heterocycles. The summed E-state index contributed by atoms with van der Waals surface area (Å²) < 4.78 is 5.07. The van der Waals surface area contributed by atoms with Gasteiger partial charge in [-0.15, -0.1) is 0 Å². The Balaban J connectivity index is 1.93. The third-order valence-corrected chi connectivity index (χ3v) is 4.51. The van der Waals surface area contributed by atoms with E-state index in [1.807, 2.05) is 48.5 Å². The molecule has 1 atom stereocenters. The molecule has 0 aliphatic heterocycles. The van der Waals surface area contributed by atoms with E-state index in [9.17, 15) is 14.4 Å². The Kier molecular flexibility index (Phi) is 7.69. The molecule has 142 valence electrons. The van der Waals surface area contributed by atoms with Gasteiger partial charge in [-0.3, -0.25) is 9.59 Å². The van der Waals surface area contributed by atoms with Crippen molar-refractivity contribution in [3.05, 3.63) is 54.6 Å². The number of esters is 1. The van der Waals surface area contributed by atoms with Crippen molar-refractivity contribution in [3.63, 3.8) is 0 Å². The Morgan fingerprint density at radius 1 is 1.07 bits per heavy atom. The third-order valence-electron chi connectivity index (χ3n) is 3.42. The van der Waals surface area contributed by atoms with Crippen molar-refractivity contribution in [1.29, 1.82) is 0 Å². The molecule has 0 bridgehead atoms. The van der Waals surface area contributed by atoms with E-state index in [-0.39, 0.29) is 13.0 Å². The number of rotatable bonds is 8. The van der Waals surface area contributed by atoms with Crippen LogP contribution in [-0.2, 0) is 14.3 Å². The van der Waals surface area contributed by atoms with Crippen molar-refractivity contribution in [1.82, 2.24) is 5.32 Å². The summed E-state index contributed by atoms with van der Waals surface area (Å²) in [6.45, 7) is 1.54. The van der Waals surface area contributed by atoms with Gasteiger partial charge in [0.05, 0.1) is 12.1 Å². The number of amides is 3. The van der Waals surface area contributed by atoms with E-state index in [2.05, 4.69) is 10.6 Å². The largest absolute Gasteiger partial charge is 0.452 e. The molecule has 0 spiro atoms. The van der Waals surface area contributed by atoms with Crippen LogP contribution in [0.5, 0.6) is 0 Å². The fourth-order valence-corrected chi connectivity index (χ4v) is 3.03. The number of nitrogens with one attached hydrogen (secondary N) is 2. The summed E-state index contributed by atoms with van der Waals surface area (Å²) in [6, 6.07) is 16.5. The van der Waals surface area contributed by atoms with Gasteiger partial charge in [0.15, 0.2) is 6.10 Å². The second kappa shape index (κ2) is 10.2. The molecule has 8 heteroatoms. The van der Waals surface area contributed by atoms with Gasteiger partial charge in [-0.1, -0.05) is 42.1 Å². The average molecular weight is 387 g/mol. The van der Waals surface area contributed by atoms with E-state index in [0.717, 1.165) is 9.79 Å². The minimum absolute atomic E-state index is 0.0546. The maximum absolute atomic E-state index is 12.3. The lowest BCUT2D eigenvalue weighted by atomic mass is 10.3. The second-order valence-electron chi connectivity index (χ2n) is 5.57. The maximum Gasteiger partial charge on any atom is 0.312 e. The monoisotopic (exact) mass is 387 g/mol. The first-order chi connectivity index (χ1) is 13.0. The normalized spacial score (nSPS) is 11.3. The van der Waals surface area contributed by atoms with E-state index in [1.54, 1.807) is 6.07 Å². The highest BCUT2D eigenvalue weighted by atomic mass is 32.2. The molecule has 0 saturated carbocycles. The van der Waals surface area contributed by atoms with Gasteiger partial charge in [0.25, 0.3) is 5.91 Å². The van der Waals surface area contributed by atoms with Crippen molar-refractivity contribution < 1.29 is 19.1 Å². The Bertz CT molecular complexity index is 799. The molecule has 0 aliphatic carbocycles. The molecule has 27 heavy (non-hydrogen) atoms. The van der Waals surface area contributed by atoms with E-state index in [1.165, 1.54) is 18.7 Å². The van der Waals surface area contributed by atoms with Gasteiger partial charge >= 0.3 is 12.0 Å². The van der Waals surface area contributed by atoms with Crippen molar-refractivity contribution in [3.8, 4) is 0 Å². The zero-order valence-electron chi connectivity index (χ0n) is 14.8. The first kappa shape index (κ1) is 20.3. The number of primary amides is 1. The summed E-state index contributed by atoms with van der Waals surface area (Å²) >= 11 is 1.52. The van der Waals surface area contributed by atoms with Gasteiger partial charge in [-0.25, -0.2) is 4.79 Å². The number of carbonyl (C=O) groups is 3. The molecule has 2 rings (SSSR count). The van der Waals surface area contributed by atoms with E-state index < -0.39 is 24.0 Å². The van der Waals surface area contributed by atoms with Crippen LogP contribution in [0.25, 0.3) is 0 Å². The number of para-hydroxylation sites is 1. The molecule has 0 unspecified atom stereocenters. The first-order valence-corrected chi connectivity index (χ1v) is 9.13. The average Bonchev–Trinajstić information content (AvgIpc) is 2.63. The predicted molar refractivity (Wildman–Crippen MR) is 103 cm³/mol. The minimum Gasteiger partial charge on any atom is -0.452 e. The zero-order valence-corrected chi connectivity index (χ0v) is 15.6. The molecule has 4 N–H and O–H groups in total. The van der Waals surface area contributed by atoms with Crippen LogP contribution >= 0.6 is 11.8 Å². The quantitative estimate of drug-likeness (QED) is 0.603. The Hall–Kier alpha value is -3.00. The third kappa shape index (κ3) is 7.02. The molecule has 0 saturated heterocycles. The van der Waals surface area contributed by atoms with Crippen molar-refractivity contribution in [2.24, 2.45) is 5.73 Å². The number of anilines is 1. The Labute approximate surface area is 161 Å². The smallest absolute Gasteiger partial charge is 0.312 e. The summed E-state index contributed by atoms with van der Waals surface area (Å²) in [5.41, 5.74) is 5.55. The number of urea groups is 1. The van der Waals surface area contributed by atoms with Gasteiger partial charge in [-0.2, -0.15) is 0 Å². The Morgan fingerprint density at radius 3 is 2.44 bits per heavy atom. The fourth-order valence-electron chi connectivity index (χ4n) is 2.11. The lowest BCUT2D eigenvalue weighted by Gasteiger charge is -2.15. The van der Waals surface area contributed by atoms with Crippen LogP contribution in [0.2, 0.25) is 0 Å². The number of hydrogen-bond acceptors (Lipinski definition) is 5. The SMILES string of the molecule is C[C@H](OC(=O)CCNC(N)=O)C(=O)Nc1ccccc1Sc1ccccc1. The molecular formula is C19H21N3O4S. The summed E-state index contributed by atoms with van der Waals surface area (Å²) in [4.78, 5) is 36.5. The minimum atomic E-state index is -0.971. The number of benzene rings is 2. The number of carbonyl (C=O) groups excluding carboxylic acids is 3. The van der Waals surface area contributed by atoms with E-state index >= 15 is 0 Å². The highest BCUT2D eigenvalue weighted by Crippen LogP contribution is 2.33. The van der Waals surface area contributed by atoms with Crippen LogP contribution in [0.15, 0.2) is 64.4 Å². The van der Waals surface area contributed by atoms with Gasteiger partial charge in [0.1, 0.15) is 0 Å². The number of nitrogens with two attached hydrogens (primary N) is 1. The van der Waals surface area contributed by atoms with Gasteiger partial charge in [-0.05, 0) is 31.2 Å². The Morgan fingerprint density at radius 2 is 1.74 bits per heavy atom. The summed E-state index contributed by atoms with van der Waals surface area (Å²) in [7, 11) is 0. The zero-order chi connectivity index (χ0) is 19.6. The summed E-state index contributed by atoms with van der Waals surface area (Å²) in [5.74, 6) is -1.04. The maximum atomic E-state index is 12.3. The van der Waals surface area contributed by atoms with E-state index in [0.29, 0.717) is 5.69 Å². The molecule has 0 fully saturated rings. The molecule has 7 nitrogen and oxygen atoms in total. The van der Waals surface area contributed by atoms with Crippen molar-refractivity contribution >= 4 is 35.4 Å². The molecule has 0 radical (unpaired) electrons. The highest BCUT2D eigenvalue weighted by Gasteiger charge is 2.19. The lowest BCUT2D eigenvalue weighted by molar-refractivity contribution is -0.153. The molecule has 0 aliphatic rings. The predicted octanol–water partition coefficient (Wildman–Crippen LogP) is 2.77. The molecule has 2 aromatic carbocycles. The van der Waals surface area contributed by atoms with Crippen LogP contribution in [0.3, 0.4) is 0 Å². The van der Waals surface area contributed by atoms with Crippen LogP contribution < -0.4 is 16.4 Å². The molecule has 3 amide bonds. The van der Waals surface area contributed by atoms with Crippen molar-refractivity contribution in [2.45, 2.75) is 29.2 Å². The summed E-state index contributed by atoms with van der Waals surface area (Å²) in [5, 5.41) is 5.07. The number of ether oxygens (including phenoxy) is 1. The van der Waals surface area contributed by atoms with Crippen LogP contribution in [0.1, 0.15) is 13.3 Å². The first-order valence-electron chi connectivity index (χ1n) is 8.31. The second-order valence-corrected chi connectivity index (χ2v) is 6.69. The van der Waals surface area contributed by atoms with Crippen LogP contribution in [0.4, 0.5) is 10.5 Å². The van der Waals surface area contributed by atoms with Crippen LogP contribution in [-0.4, -0.2) is 30.6 Å². The molecule has 2 aromatic rings. The summed E-state index contributed by atoms with van der Waals surface area (Å²) in [6.07, 6.45) is -1.04. The van der Waals surface area contributed by atoms with Crippen molar-refractivity contribution in [2.75, 3.05) is 11.9 Å². The lowest BCUT2D eigenvalue weighted by Crippen LogP contribution is -2.33. The number of hydrogen-bond donors (Lipinski definition) is 3. The fraction of sp³-hybridized carbons (Fsp3) is 0.211. The van der Waals surface area contributed by atoms with Gasteiger partial charge < -0.3 is 21.1 Å². The molecular weight excluding hydrogens is 366 g/mol. The highest BCUT2D eigenvalue weighted by molar-refractivity contribution is 7.99. The van der Waals surface area contributed by atoms with E-state index in [4.69, 9.17) is 10.5 Å². The van der Waals surface area contributed by atoms with Gasteiger partial charge in [0.2, 0.25) is 0 Å². The molecule has 0 aromatic heterocycles. The standard InChI is InChI=1S/C19H21N3O4S/c1-13(26-17(23)11-12-21-19(20)25)18(24)22-15-9-5-6-10-16(15)27-14-7-3-2-4-8-14/h2-10,13H,11-12H2,1H3,(H,22,24)(H3,20,21,25)/t13-/m0/s1. The van der Waals surface area contributed by atoms with Crippen LogP contribution in [0, 0.1) is 0 Å². The van der Waals surface area contributed by atoms with Gasteiger partial charge in [0, 0.05) is 16.3 Å². The topological polar surface area (TPSA) is 111 Å².